The average molecular weight is 688 g/mol. The van der Waals surface area contributed by atoms with E-state index >= 15 is 0 Å². The summed E-state index contributed by atoms with van der Waals surface area (Å²) in [5.74, 6) is -2.15. The number of fused-ring (bicyclic) bond motifs is 2. The number of carboxylic acid groups (broad SMARTS) is 1. The molecule has 4 atom stereocenters. The Labute approximate surface area is 257 Å². The minimum Gasteiger partial charge on any atom is -0.741 e. The summed E-state index contributed by atoms with van der Waals surface area (Å²) < 4.78 is 69.5. The summed E-state index contributed by atoms with van der Waals surface area (Å²) in [6.07, 6.45) is 5.23. The summed E-state index contributed by atoms with van der Waals surface area (Å²) in [6, 6.07) is -0.317. The van der Waals surface area contributed by atoms with Gasteiger partial charge in [0.25, 0.3) is 6.33 Å². The van der Waals surface area contributed by atoms with Gasteiger partial charge in [-0.15, -0.1) is 0 Å². The molecule has 2 N–H and O–H groups in total. The van der Waals surface area contributed by atoms with Crippen LogP contribution in [0.25, 0.3) is 10.4 Å². The third-order valence-electron chi connectivity index (χ3n) is 8.12. The van der Waals surface area contributed by atoms with Crippen LogP contribution in [0.1, 0.15) is 39.5 Å². The Hall–Kier alpha value is -1.96. The number of carbonyl (C=O) groups excluding carboxylic acids is 1. The zero-order valence-electron chi connectivity index (χ0n) is 24.9. The van der Waals surface area contributed by atoms with E-state index < -0.39 is 41.9 Å². The van der Waals surface area contributed by atoms with E-state index in [4.69, 9.17) is 17.4 Å². The summed E-state index contributed by atoms with van der Waals surface area (Å²) in [5, 5.41) is 21.4. The van der Waals surface area contributed by atoms with Crippen molar-refractivity contribution >= 4 is 63.8 Å². The number of halogens is 3. The monoisotopic (exact) mass is 687 g/mol. The maximum Gasteiger partial charge on any atom is 0.485 e. The topological polar surface area (TPSA) is 153 Å². The van der Waals surface area contributed by atoms with Gasteiger partial charge in [0.1, 0.15) is 18.4 Å². The fourth-order valence-electron chi connectivity index (χ4n) is 4.93. The quantitative estimate of drug-likeness (QED) is 0.106. The Morgan fingerprint density at radius 2 is 1.86 bits per heavy atom. The fraction of sp³-hybridized carbons (Fsp3) is 0.640. The van der Waals surface area contributed by atoms with Gasteiger partial charge >= 0.3 is 11.5 Å². The molecular weight excluding hydrogens is 652 g/mol. The third-order valence-corrected chi connectivity index (χ3v) is 15.3. The van der Waals surface area contributed by atoms with Gasteiger partial charge in [0, 0.05) is 11.5 Å². The number of hydrogen-bond donors (Lipinski definition) is 2. The fourth-order valence-corrected chi connectivity index (χ4v) is 8.17. The number of carboxylic acids is 1. The molecule has 0 radical (unpaired) electrons. The number of aliphatic hydroxyl groups excluding tert-OH is 1. The van der Waals surface area contributed by atoms with Crippen molar-refractivity contribution in [3.05, 3.63) is 23.1 Å². The highest BCUT2D eigenvalue weighted by Crippen LogP contribution is 2.51. The number of rotatable bonds is 8. The number of carbonyl (C=O) groups is 2. The molecule has 242 valence electrons. The highest BCUT2D eigenvalue weighted by molar-refractivity contribution is 7.98. The summed E-state index contributed by atoms with van der Waals surface area (Å²) in [6.45, 7) is 16.1. The van der Waals surface area contributed by atoms with Gasteiger partial charge in [0.2, 0.25) is 15.8 Å². The molecule has 2 aliphatic heterocycles. The molecule has 2 aromatic heterocycles. The van der Waals surface area contributed by atoms with Gasteiger partial charge in [-0.1, -0.05) is 50.8 Å². The molecule has 0 saturated carbocycles. The number of nitrogens with zero attached hydrogens (tertiary/aromatic N) is 3. The second kappa shape index (κ2) is 12.1. The summed E-state index contributed by atoms with van der Waals surface area (Å²) in [7, 11) is -7.92. The van der Waals surface area contributed by atoms with Crippen LogP contribution in [0.15, 0.2) is 23.2 Å². The van der Waals surface area contributed by atoms with Crippen LogP contribution in [0.4, 0.5) is 13.2 Å². The van der Waals surface area contributed by atoms with Crippen molar-refractivity contribution in [2.24, 2.45) is 11.8 Å². The lowest BCUT2D eigenvalue weighted by Gasteiger charge is -2.46. The maximum atomic E-state index is 12.7. The van der Waals surface area contributed by atoms with Crippen LogP contribution >= 0.6 is 23.1 Å². The van der Waals surface area contributed by atoms with Crippen LogP contribution < -0.4 is 4.57 Å². The third kappa shape index (κ3) is 6.69. The molecule has 0 aromatic carbocycles. The molecule has 18 heteroatoms. The van der Waals surface area contributed by atoms with Crippen molar-refractivity contribution in [1.29, 1.82) is 0 Å². The summed E-state index contributed by atoms with van der Waals surface area (Å²) in [4.78, 5) is 28.1. The lowest BCUT2D eigenvalue weighted by Crippen LogP contribution is -2.63. The van der Waals surface area contributed by atoms with Gasteiger partial charge in [-0.2, -0.15) is 17.6 Å². The average Bonchev–Trinajstić information content (AvgIpc) is 3.44. The highest BCUT2D eigenvalue weighted by Gasteiger charge is 2.60. The van der Waals surface area contributed by atoms with E-state index in [1.807, 2.05) is 30.1 Å². The Morgan fingerprint density at radius 3 is 2.30 bits per heavy atom. The first-order valence-corrected chi connectivity index (χ1v) is 19.5. The van der Waals surface area contributed by atoms with Crippen molar-refractivity contribution < 1.29 is 54.9 Å². The molecule has 0 unspecified atom stereocenters. The Balaban J connectivity index is 0.000000557. The van der Waals surface area contributed by atoms with Gasteiger partial charge in [-0.25, -0.2) is 17.8 Å². The SMILES string of the molecule is CSc1c2sc(C3=C(C(=O)O)N4C(=O)[C@H]([C@@H](C)O)[C@H]4[C@H]3C)cn2c[n+]1CCO[Si](C)(C)C(C)(C)C.O=S(=O)([O-])C(F)(F)F. The number of alkyl halides is 3. The van der Waals surface area contributed by atoms with E-state index in [9.17, 15) is 33.0 Å². The number of β-lactam (4-membered cyclic amide) rings is 1. The van der Waals surface area contributed by atoms with E-state index in [1.54, 1.807) is 30.0 Å². The second-order valence-electron chi connectivity index (χ2n) is 12.0. The predicted octanol–water partition coefficient (Wildman–Crippen LogP) is 3.74. The van der Waals surface area contributed by atoms with Gasteiger partial charge in [-0.3, -0.25) is 4.79 Å². The maximum absolute atomic E-state index is 12.7. The number of imidazole rings is 1. The first kappa shape index (κ1) is 35.5. The molecule has 1 amide bonds. The van der Waals surface area contributed by atoms with E-state index in [-0.39, 0.29) is 28.6 Å². The molecule has 0 aliphatic carbocycles. The predicted molar refractivity (Wildman–Crippen MR) is 156 cm³/mol. The lowest BCUT2D eigenvalue weighted by atomic mass is 9.77. The van der Waals surface area contributed by atoms with Crippen LogP contribution in [0.5, 0.6) is 0 Å². The molecule has 4 heterocycles. The Bertz CT molecular complexity index is 1540. The number of thiazole rings is 1. The minimum atomic E-state index is -6.09. The highest BCUT2D eigenvalue weighted by atomic mass is 32.2. The number of aromatic nitrogens is 2. The molecule has 0 bridgehead atoms. The smallest absolute Gasteiger partial charge is 0.485 e. The molecule has 2 aliphatic rings. The Morgan fingerprint density at radius 1 is 1.30 bits per heavy atom. The Kier molecular flexibility index (Phi) is 9.99. The van der Waals surface area contributed by atoms with Crippen molar-refractivity contribution in [2.75, 3.05) is 12.9 Å². The van der Waals surface area contributed by atoms with Crippen LogP contribution in [0.2, 0.25) is 18.1 Å². The second-order valence-corrected chi connectivity index (χ2v) is 20.0. The van der Waals surface area contributed by atoms with Crippen LogP contribution in [-0.2, 0) is 30.7 Å². The van der Waals surface area contributed by atoms with Crippen LogP contribution in [0.3, 0.4) is 0 Å². The van der Waals surface area contributed by atoms with Gasteiger partial charge in [-0.05, 0) is 31.3 Å². The minimum absolute atomic E-state index is 0.0512. The van der Waals surface area contributed by atoms with Crippen molar-refractivity contribution in [3.8, 4) is 0 Å². The number of aliphatic carboxylic acids is 1. The normalized spacial score (nSPS) is 21.9. The zero-order chi connectivity index (χ0) is 33.0. The molecule has 1 fully saturated rings. The molecule has 1 saturated heterocycles. The molecule has 11 nitrogen and oxygen atoms in total. The van der Waals surface area contributed by atoms with E-state index in [2.05, 4.69) is 38.4 Å². The molecule has 0 spiro atoms. The zero-order valence-corrected chi connectivity index (χ0v) is 28.4. The van der Waals surface area contributed by atoms with Crippen LogP contribution in [0, 0.1) is 11.8 Å². The van der Waals surface area contributed by atoms with E-state index in [1.165, 1.54) is 4.90 Å². The number of thioether (sulfide) groups is 1. The first-order chi connectivity index (χ1) is 19.5. The number of amides is 1. The number of aliphatic hydroxyl groups is 1. The van der Waals surface area contributed by atoms with Crippen molar-refractivity contribution in [3.63, 3.8) is 0 Å². The van der Waals surface area contributed by atoms with E-state index in [0.717, 1.165) is 21.3 Å². The van der Waals surface area contributed by atoms with Crippen LogP contribution in [-0.4, -0.2) is 83.2 Å². The van der Waals surface area contributed by atoms with Crippen molar-refractivity contribution in [1.82, 2.24) is 9.30 Å². The molecular formula is C25H36F3N3O8S3Si. The van der Waals surface area contributed by atoms with Gasteiger partial charge in [0.05, 0.1) is 29.5 Å². The largest absolute Gasteiger partial charge is 0.741 e. The van der Waals surface area contributed by atoms with Gasteiger partial charge in [0.15, 0.2) is 18.4 Å². The van der Waals surface area contributed by atoms with E-state index in [0.29, 0.717) is 12.2 Å². The molecule has 2 aromatic rings. The molecule has 43 heavy (non-hydrogen) atoms. The standard InChI is InChI=1S/C24H35N3O5S2Si.CHF3O3S/c1-13-16(19(23(30)31)27-18(13)17(14(2)28)20(27)29)15-11-26-12-25(21(33-6)22(26)34-15)9-10-32-35(7,8)24(3,4)5;2-1(3,4)8(5,6)7/h11-14,17-18,28H,9-10H2,1-8H3;(H,5,6,7)/t13-,14+,17+,18+;/m0./s1. The molecule has 4 rings (SSSR count). The van der Waals surface area contributed by atoms with Crippen molar-refractivity contribution in [2.45, 2.75) is 82.0 Å². The number of hydrogen-bond acceptors (Lipinski definition) is 9. The van der Waals surface area contributed by atoms with Gasteiger partial charge < -0.3 is 24.1 Å². The lowest BCUT2D eigenvalue weighted by molar-refractivity contribution is -0.730. The summed E-state index contributed by atoms with van der Waals surface area (Å²) >= 11 is 3.20. The summed E-state index contributed by atoms with van der Waals surface area (Å²) in [5.41, 5.74) is -4.92. The first-order valence-electron chi connectivity index (χ1n) is 13.2.